The number of hydrogen-bond acceptors (Lipinski definition) is 2. The standard InChI is InChI=1S/C16H11F2NO2/c17-12-6-11(7-13(18)8-12)16(10-4-2-1-3-5-10)14(20)9-15(21)19-16/h1-8H,9H2,(H,19,21). The van der Waals surface area contributed by atoms with Gasteiger partial charge in [0.2, 0.25) is 5.91 Å². The number of halogens is 2. The molecule has 0 bridgehead atoms. The molecule has 1 atom stereocenters. The van der Waals surface area contributed by atoms with E-state index in [1.807, 2.05) is 0 Å². The topological polar surface area (TPSA) is 46.2 Å². The van der Waals surface area contributed by atoms with Crippen LogP contribution in [-0.2, 0) is 15.1 Å². The lowest BCUT2D eigenvalue weighted by Crippen LogP contribution is -2.44. The number of rotatable bonds is 2. The molecule has 0 aromatic heterocycles. The summed E-state index contributed by atoms with van der Waals surface area (Å²) in [6.07, 6.45) is -0.312. The number of benzene rings is 2. The molecular weight excluding hydrogens is 276 g/mol. The molecule has 3 rings (SSSR count). The van der Waals surface area contributed by atoms with E-state index in [0.717, 1.165) is 18.2 Å². The van der Waals surface area contributed by atoms with Crippen molar-refractivity contribution >= 4 is 11.7 Å². The van der Waals surface area contributed by atoms with E-state index in [4.69, 9.17) is 0 Å². The summed E-state index contributed by atoms with van der Waals surface area (Å²) >= 11 is 0. The molecule has 1 amide bonds. The van der Waals surface area contributed by atoms with E-state index in [9.17, 15) is 18.4 Å². The van der Waals surface area contributed by atoms with E-state index in [0.29, 0.717) is 5.56 Å². The molecule has 2 aromatic rings. The number of carbonyl (C=O) groups is 2. The van der Waals surface area contributed by atoms with Crippen LogP contribution in [0.1, 0.15) is 17.5 Å². The lowest BCUT2D eigenvalue weighted by molar-refractivity contribution is -0.122. The number of carbonyl (C=O) groups excluding carboxylic acids is 2. The van der Waals surface area contributed by atoms with Crippen LogP contribution in [0.4, 0.5) is 8.78 Å². The fraction of sp³-hybridized carbons (Fsp3) is 0.125. The van der Waals surface area contributed by atoms with Gasteiger partial charge in [-0.2, -0.15) is 0 Å². The number of amides is 1. The lowest BCUT2D eigenvalue weighted by Gasteiger charge is -2.28. The van der Waals surface area contributed by atoms with Gasteiger partial charge in [-0.05, 0) is 23.3 Å². The summed E-state index contributed by atoms with van der Waals surface area (Å²) in [7, 11) is 0. The Bertz CT molecular complexity index is 710. The largest absolute Gasteiger partial charge is 0.336 e. The smallest absolute Gasteiger partial charge is 0.228 e. The minimum absolute atomic E-state index is 0.0852. The average molecular weight is 287 g/mol. The third kappa shape index (κ3) is 2.11. The van der Waals surface area contributed by atoms with Crippen LogP contribution in [0.5, 0.6) is 0 Å². The Morgan fingerprint density at radius 1 is 0.905 bits per heavy atom. The maximum atomic E-state index is 13.5. The minimum atomic E-state index is -1.53. The zero-order valence-corrected chi connectivity index (χ0v) is 10.9. The molecule has 1 saturated heterocycles. The third-order valence-electron chi connectivity index (χ3n) is 3.57. The molecule has 1 heterocycles. The molecule has 0 radical (unpaired) electrons. The number of nitrogens with one attached hydrogen (secondary N) is 1. The van der Waals surface area contributed by atoms with Crippen LogP contribution in [0.3, 0.4) is 0 Å². The summed E-state index contributed by atoms with van der Waals surface area (Å²) in [6.45, 7) is 0. The van der Waals surface area contributed by atoms with E-state index >= 15 is 0 Å². The Morgan fingerprint density at radius 3 is 2.05 bits per heavy atom. The van der Waals surface area contributed by atoms with Crippen LogP contribution in [-0.4, -0.2) is 11.7 Å². The zero-order valence-electron chi connectivity index (χ0n) is 10.9. The first kappa shape index (κ1) is 13.4. The van der Waals surface area contributed by atoms with Gasteiger partial charge in [-0.3, -0.25) is 9.59 Å². The second-order valence-corrected chi connectivity index (χ2v) is 4.92. The summed E-state index contributed by atoms with van der Waals surface area (Å²) in [5.74, 6) is -2.49. The van der Waals surface area contributed by atoms with Gasteiger partial charge in [0.25, 0.3) is 0 Å². The molecule has 0 spiro atoms. The maximum absolute atomic E-state index is 13.5. The number of ketones is 1. The molecule has 3 nitrogen and oxygen atoms in total. The molecule has 1 unspecified atom stereocenters. The highest BCUT2D eigenvalue weighted by molar-refractivity contribution is 6.12. The van der Waals surface area contributed by atoms with Crippen LogP contribution in [0.2, 0.25) is 0 Å². The Kier molecular flexibility index (Phi) is 3.05. The second-order valence-electron chi connectivity index (χ2n) is 4.92. The van der Waals surface area contributed by atoms with Gasteiger partial charge in [-0.15, -0.1) is 0 Å². The molecule has 5 heteroatoms. The summed E-state index contributed by atoms with van der Waals surface area (Å²) in [6, 6.07) is 11.3. The first-order valence-corrected chi connectivity index (χ1v) is 6.39. The molecule has 21 heavy (non-hydrogen) atoms. The normalized spacial score (nSPS) is 21.4. The van der Waals surface area contributed by atoms with Crippen molar-refractivity contribution in [3.63, 3.8) is 0 Å². The predicted molar refractivity (Wildman–Crippen MR) is 71.3 cm³/mol. The Labute approximate surface area is 119 Å². The van der Waals surface area contributed by atoms with Crippen molar-refractivity contribution in [1.82, 2.24) is 5.32 Å². The predicted octanol–water partition coefficient (Wildman–Crippen LogP) is 2.30. The highest BCUT2D eigenvalue weighted by Crippen LogP contribution is 2.36. The quantitative estimate of drug-likeness (QED) is 0.861. The highest BCUT2D eigenvalue weighted by Gasteiger charge is 2.49. The van der Waals surface area contributed by atoms with Crippen molar-refractivity contribution in [2.45, 2.75) is 12.0 Å². The maximum Gasteiger partial charge on any atom is 0.228 e. The van der Waals surface area contributed by atoms with Gasteiger partial charge < -0.3 is 5.32 Å². The van der Waals surface area contributed by atoms with Gasteiger partial charge in [0, 0.05) is 6.07 Å². The van der Waals surface area contributed by atoms with E-state index in [1.165, 1.54) is 0 Å². The van der Waals surface area contributed by atoms with Crippen molar-refractivity contribution in [1.29, 1.82) is 0 Å². The van der Waals surface area contributed by atoms with E-state index < -0.39 is 28.9 Å². The highest BCUT2D eigenvalue weighted by atomic mass is 19.1. The number of Topliss-reactive ketones (excluding diaryl/α,β-unsaturated/α-hetero) is 1. The SMILES string of the molecule is O=C1CC(=O)C(c2ccccc2)(c2cc(F)cc(F)c2)N1. The van der Waals surface area contributed by atoms with Crippen LogP contribution in [0.25, 0.3) is 0 Å². The van der Waals surface area contributed by atoms with Crippen LogP contribution >= 0.6 is 0 Å². The van der Waals surface area contributed by atoms with Gasteiger partial charge in [0.05, 0.1) is 6.42 Å². The van der Waals surface area contributed by atoms with E-state index in [-0.39, 0.29) is 12.0 Å². The van der Waals surface area contributed by atoms with Crippen molar-refractivity contribution in [3.05, 3.63) is 71.3 Å². The molecule has 1 aliphatic rings. The van der Waals surface area contributed by atoms with Gasteiger partial charge >= 0.3 is 0 Å². The van der Waals surface area contributed by atoms with Crippen molar-refractivity contribution in [2.24, 2.45) is 0 Å². The molecule has 1 aliphatic heterocycles. The third-order valence-corrected chi connectivity index (χ3v) is 3.57. The number of hydrogen-bond donors (Lipinski definition) is 1. The second kappa shape index (κ2) is 4.77. The van der Waals surface area contributed by atoms with Gasteiger partial charge in [0.15, 0.2) is 11.3 Å². The zero-order chi connectivity index (χ0) is 15.0. The molecule has 1 N–H and O–H groups in total. The Hall–Kier alpha value is -2.56. The average Bonchev–Trinajstić information content (AvgIpc) is 2.74. The van der Waals surface area contributed by atoms with E-state index in [1.54, 1.807) is 30.3 Å². The van der Waals surface area contributed by atoms with Gasteiger partial charge in [-0.25, -0.2) is 8.78 Å². The first-order chi connectivity index (χ1) is 10.0. The van der Waals surface area contributed by atoms with Gasteiger partial charge in [-0.1, -0.05) is 30.3 Å². The summed E-state index contributed by atoms with van der Waals surface area (Å²) < 4.78 is 27.1. The lowest BCUT2D eigenvalue weighted by atomic mass is 9.80. The van der Waals surface area contributed by atoms with E-state index in [2.05, 4.69) is 5.32 Å². The van der Waals surface area contributed by atoms with Crippen molar-refractivity contribution < 1.29 is 18.4 Å². The Morgan fingerprint density at radius 2 is 1.52 bits per heavy atom. The van der Waals surface area contributed by atoms with Crippen LogP contribution in [0, 0.1) is 11.6 Å². The molecular formula is C16H11F2NO2. The van der Waals surface area contributed by atoms with Crippen LogP contribution < -0.4 is 5.32 Å². The van der Waals surface area contributed by atoms with Crippen LogP contribution in [0.15, 0.2) is 48.5 Å². The summed E-state index contributed by atoms with van der Waals surface area (Å²) in [5.41, 5.74) is -0.964. The fourth-order valence-corrected chi connectivity index (χ4v) is 2.69. The van der Waals surface area contributed by atoms with Crippen molar-refractivity contribution in [2.75, 3.05) is 0 Å². The molecule has 2 aromatic carbocycles. The molecule has 0 aliphatic carbocycles. The Balaban J connectivity index is 2.27. The first-order valence-electron chi connectivity index (χ1n) is 6.39. The molecule has 1 fully saturated rings. The van der Waals surface area contributed by atoms with Crippen molar-refractivity contribution in [3.8, 4) is 0 Å². The summed E-state index contributed by atoms with van der Waals surface area (Å²) in [5, 5.41) is 2.58. The minimum Gasteiger partial charge on any atom is -0.336 e. The monoisotopic (exact) mass is 287 g/mol. The van der Waals surface area contributed by atoms with Gasteiger partial charge in [0.1, 0.15) is 11.6 Å². The fourth-order valence-electron chi connectivity index (χ4n) is 2.69. The molecule has 0 saturated carbocycles. The molecule has 106 valence electrons. The summed E-state index contributed by atoms with van der Waals surface area (Å²) in [4.78, 5) is 24.1.